The van der Waals surface area contributed by atoms with E-state index in [1.165, 1.54) is 0 Å². The number of aliphatic hydroxyl groups is 1. The van der Waals surface area contributed by atoms with Crippen molar-refractivity contribution >= 4 is 5.91 Å². The molecule has 0 aromatic carbocycles. The molecule has 0 heterocycles. The molecule has 1 unspecified atom stereocenters. The van der Waals surface area contributed by atoms with Crippen LogP contribution in [0.1, 0.15) is 66.2 Å². The van der Waals surface area contributed by atoms with E-state index in [9.17, 15) is 9.90 Å². The van der Waals surface area contributed by atoms with E-state index < -0.39 is 5.54 Å². The molecule has 0 radical (unpaired) electrons. The summed E-state index contributed by atoms with van der Waals surface area (Å²) in [5.41, 5.74) is 5.77. The van der Waals surface area contributed by atoms with Crippen LogP contribution >= 0.6 is 0 Å². The summed E-state index contributed by atoms with van der Waals surface area (Å²) < 4.78 is 0. The second-order valence-corrected chi connectivity index (χ2v) is 7.90. The minimum absolute atomic E-state index is 0.0228. The van der Waals surface area contributed by atoms with Gasteiger partial charge in [-0.05, 0) is 43.4 Å². The molecule has 1 amide bonds. The molecular weight excluding hydrogens is 252 g/mol. The highest BCUT2D eigenvalue weighted by molar-refractivity contribution is 5.77. The average Bonchev–Trinajstić information content (AvgIpc) is 2.29. The Labute approximate surface area is 123 Å². The van der Waals surface area contributed by atoms with Crippen LogP contribution in [0, 0.1) is 11.3 Å². The van der Waals surface area contributed by atoms with E-state index in [0.29, 0.717) is 12.3 Å². The number of hydrogen-bond donors (Lipinski definition) is 3. The third kappa shape index (κ3) is 5.80. The van der Waals surface area contributed by atoms with Crippen molar-refractivity contribution in [2.45, 2.75) is 77.8 Å². The average molecular weight is 284 g/mol. The molecular formula is C16H32N2O2. The largest absolute Gasteiger partial charge is 0.394 e. The Morgan fingerprint density at radius 2 is 1.95 bits per heavy atom. The molecule has 0 saturated heterocycles. The summed E-state index contributed by atoms with van der Waals surface area (Å²) in [5, 5.41) is 12.7. The first-order valence-corrected chi connectivity index (χ1v) is 7.83. The summed E-state index contributed by atoms with van der Waals surface area (Å²) in [6.45, 7) is 8.63. The Balaban J connectivity index is 2.47. The first kappa shape index (κ1) is 17.4. The minimum Gasteiger partial charge on any atom is -0.394 e. The first-order valence-electron chi connectivity index (χ1n) is 7.83. The third-order valence-electron chi connectivity index (χ3n) is 4.26. The summed E-state index contributed by atoms with van der Waals surface area (Å²) in [6, 6.07) is -0.117. The summed E-state index contributed by atoms with van der Waals surface area (Å²) in [4.78, 5) is 12.2. The molecule has 4 nitrogen and oxygen atoms in total. The van der Waals surface area contributed by atoms with Gasteiger partial charge < -0.3 is 16.2 Å². The van der Waals surface area contributed by atoms with Gasteiger partial charge in [-0.15, -0.1) is 0 Å². The fourth-order valence-corrected chi connectivity index (χ4v) is 3.08. The smallest absolute Gasteiger partial charge is 0.222 e. The van der Waals surface area contributed by atoms with Crippen LogP contribution in [0.25, 0.3) is 0 Å². The van der Waals surface area contributed by atoms with Gasteiger partial charge in [0, 0.05) is 12.5 Å². The Hall–Kier alpha value is -0.610. The van der Waals surface area contributed by atoms with Gasteiger partial charge in [0.2, 0.25) is 5.91 Å². The second-order valence-electron chi connectivity index (χ2n) is 7.90. The normalized spacial score (nSPS) is 29.0. The van der Waals surface area contributed by atoms with Crippen molar-refractivity contribution < 1.29 is 9.90 Å². The molecule has 1 aliphatic carbocycles. The van der Waals surface area contributed by atoms with Gasteiger partial charge in [-0.1, -0.05) is 27.7 Å². The number of carbonyl (C=O) groups is 1. The molecule has 1 fully saturated rings. The number of nitrogens with two attached hydrogens (primary N) is 1. The lowest BCUT2D eigenvalue weighted by Crippen LogP contribution is -2.54. The van der Waals surface area contributed by atoms with Gasteiger partial charge in [0.25, 0.3) is 0 Å². The predicted molar refractivity (Wildman–Crippen MR) is 82.3 cm³/mol. The quantitative estimate of drug-likeness (QED) is 0.724. The molecule has 20 heavy (non-hydrogen) atoms. The van der Waals surface area contributed by atoms with Crippen LogP contribution in [-0.4, -0.2) is 29.2 Å². The zero-order chi connectivity index (χ0) is 15.4. The van der Waals surface area contributed by atoms with Gasteiger partial charge in [-0.25, -0.2) is 0 Å². The van der Waals surface area contributed by atoms with Crippen molar-refractivity contribution in [3.63, 3.8) is 0 Å². The molecule has 4 heteroatoms. The lowest BCUT2D eigenvalue weighted by Gasteiger charge is -2.39. The highest BCUT2D eigenvalue weighted by Gasteiger charge is 2.35. The van der Waals surface area contributed by atoms with E-state index in [1.807, 2.05) is 0 Å². The van der Waals surface area contributed by atoms with Crippen LogP contribution < -0.4 is 11.1 Å². The fourth-order valence-electron chi connectivity index (χ4n) is 3.08. The zero-order valence-corrected chi connectivity index (χ0v) is 13.5. The van der Waals surface area contributed by atoms with Gasteiger partial charge in [-0.2, -0.15) is 0 Å². The Morgan fingerprint density at radius 3 is 2.40 bits per heavy atom. The van der Waals surface area contributed by atoms with Crippen LogP contribution in [0.5, 0.6) is 0 Å². The maximum Gasteiger partial charge on any atom is 0.222 e. The van der Waals surface area contributed by atoms with E-state index in [-0.39, 0.29) is 24.0 Å². The minimum atomic E-state index is -0.412. The number of amides is 1. The summed E-state index contributed by atoms with van der Waals surface area (Å²) >= 11 is 0. The lowest BCUT2D eigenvalue weighted by molar-refractivity contribution is -0.124. The fraction of sp³-hybridized carbons (Fsp3) is 0.938. The van der Waals surface area contributed by atoms with Crippen LogP contribution in [0.4, 0.5) is 0 Å². The van der Waals surface area contributed by atoms with Gasteiger partial charge >= 0.3 is 0 Å². The summed E-state index contributed by atoms with van der Waals surface area (Å²) in [6.07, 6.45) is 5.03. The molecule has 118 valence electrons. The van der Waals surface area contributed by atoms with E-state index in [0.717, 1.165) is 32.1 Å². The van der Waals surface area contributed by atoms with Gasteiger partial charge in [0.15, 0.2) is 0 Å². The van der Waals surface area contributed by atoms with Crippen molar-refractivity contribution in [2.24, 2.45) is 17.1 Å². The highest BCUT2D eigenvalue weighted by atomic mass is 16.3. The van der Waals surface area contributed by atoms with Crippen molar-refractivity contribution in [3.05, 3.63) is 0 Å². The molecule has 0 aromatic heterocycles. The summed E-state index contributed by atoms with van der Waals surface area (Å²) in [5.74, 6) is 0.667. The maximum absolute atomic E-state index is 12.2. The predicted octanol–water partition coefficient (Wildman–Crippen LogP) is 2.20. The zero-order valence-electron chi connectivity index (χ0n) is 13.5. The first-order chi connectivity index (χ1) is 9.16. The number of nitrogens with one attached hydrogen (secondary N) is 1. The van der Waals surface area contributed by atoms with Crippen molar-refractivity contribution in [3.8, 4) is 0 Å². The van der Waals surface area contributed by atoms with Crippen molar-refractivity contribution in [1.29, 1.82) is 0 Å². The number of aliphatic hydroxyl groups excluding tert-OH is 1. The van der Waals surface area contributed by atoms with Crippen molar-refractivity contribution in [1.82, 2.24) is 5.32 Å². The third-order valence-corrected chi connectivity index (χ3v) is 4.26. The van der Waals surface area contributed by atoms with Crippen LogP contribution in [-0.2, 0) is 4.79 Å². The molecule has 1 saturated carbocycles. The Kier molecular flexibility index (Phi) is 6.02. The lowest BCUT2D eigenvalue weighted by atomic mass is 9.77. The Morgan fingerprint density at radius 1 is 1.40 bits per heavy atom. The number of carbonyl (C=O) groups excluding carboxylic acids is 1. The Bertz CT molecular complexity index is 315. The van der Waals surface area contributed by atoms with Gasteiger partial charge in [0.05, 0.1) is 12.1 Å². The van der Waals surface area contributed by atoms with E-state index in [1.54, 1.807) is 0 Å². The topological polar surface area (TPSA) is 75.3 Å². The standard InChI is InChI=1S/C16H32N2O2/c1-12-5-7-16(11-19,8-6-12)18-14(20)9-13(17)10-15(2,3)4/h12-13,19H,5-11,17H2,1-4H3,(H,18,20). The van der Waals surface area contributed by atoms with Gasteiger partial charge in [-0.3, -0.25) is 4.79 Å². The van der Waals surface area contributed by atoms with Crippen molar-refractivity contribution in [2.75, 3.05) is 6.61 Å². The molecule has 1 rings (SSSR count). The van der Waals surface area contributed by atoms with E-state index >= 15 is 0 Å². The van der Waals surface area contributed by atoms with Crippen LogP contribution in [0.15, 0.2) is 0 Å². The number of rotatable bonds is 5. The van der Waals surface area contributed by atoms with E-state index in [2.05, 4.69) is 33.0 Å². The molecule has 1 atom stereocenters. The van der Waals surface area contributed by atoms with Crippen LogP contribution in [0.2, 0.25) is 0 Å². The SMILES string of the molecule is CC1CCC(CO)(NC(=O)CC(N)CC(C)(C)C)CC1. The van der Waals surface area contributed by atoms with Crippen LogP contribution in [0.3, 0.4) is 0 Å². The monoisotopic (exact) mass is 284 g/mol. The maximum atomic E-state index is 12.2. The second kappa shape index (κ2) is 6.90. The number of hydrogen-bond acceptors (Lipinski definition) is 3. The van der Waals surface area contributed by atoms with Gasteiger partial charge in [0.1, 0.15) is 0 Å². The molecule has 0 bridgehead atoms. The van der Waals surface area contributed by atoms with E-state index in [4.69, 9.17) is 5.73 Å². The highest BCUT2D eigenvalue weighted by Crippen LogP contribution is 2.31. The summed E-state index contributed by atoms with van der Waals surface area (Å²) in [7, 11) is 0. The molecule has 0 aliphatic heterocycles. The molecule has 0 spiro atoms. The molecule has 4 N–H and O–H groups in total. The molecule has 1 aliphatic rings. The molecule has 0 aromatic rings.